The van der Waals surface area contributed by atoms with Crippen molar-refractivity contribution in [3.05, 3.63) is 103 Å². The average molecular weight is 530 g/mol. The molecule has 1 aromatic heterocycles. The van der Waals surface area contributed by atoms with Crippen LogP contribution in [0, 0.1) is 0 Å². The van der Waals surface area contributed by atoms with E-state index in [-0.39, 0.29) is 11.9 Å². The van der Waals surface area contributed by atoms with Crippen LogP contribution in [0.4, 0.5) is 5.69 Å². The molecule has 9 heteroatoms. The summed E-state index contributed by atoms with van der Waals surface area (Å²) in [4.78, 5) is 4.11. The molecule has 4 aromatic rings. The Morgan fingerprint density at radius 3 is 2.26 bits per heavy atom. The molecular weight excluding hydrogens is 502 g/mol. The van der Waals surface area contributed by atoms with Crippen molar-refractivity contribution in [1.82, 2.24) is 9.55 Å². The lowest BCUT2D eigenvalue weighted by Gasteiger charge is -2.29. The van der Waals surface area contributed by atoms with E-state index in [0.29, 0.717) is 17.9 Å². The number of anilines is 1. The minimum absolute atomic E-state index is 0.172. The molecule has 194 valence electrons. The predicted octanol–water partition coefficient (Wildman–Crippen LogP) is 4.50. The topological polar surface area (TPSA) is 93.9 Å². The molecule has 0 saturated carbocycles. The molecule has 0 radical (unpaired) electrons. The summed E-state index contributed by atoms with van der Waals surface area (Å²) in [5, 5.41) is 9.09. The molecule has 2 aliphatic heterocycles. The Hall–Kier alpha value is -4.08. The van der Waals surface area contributed by atoms with Crippen LogP contribution in [0.5, 0.6) is 11.5 Å². The van der Waals surface area contributed by atoms with Crippen LogP contribution in [0.1, 0.15) is 17.5 Å². The molecule has 0 aliphatic carbocycles. The molecule has 3 atom stereocenters. The van der Waals surface area contributed by atoms with Crippen molar-refractivity contribution in [3.8, 4) is 17.2 Å². The number of phenolic OH excluding ortho intramolecular Hbond substituents is 1. The van der Waals surface area contributed by atoms with Gasteiger partial charge in [0.2, 0.25) is 10.0 Å². The average Bonchev–Trinajstić information content (AvgIpc) is 3.71. The number of phenols is 1. The number of rotatable bonds is 7. The van der Waals surface area contributed by atoms with Gasteiger partial charge in [0.05, 0.1) is 25.2 Å². The second-order valence-corrected chi connectivity index (χ2v) is 11.6. The number of fused-ring (bicyclic) bond motifs is 2. The van der Waals surface area contributed by atoms with Gasteiger partial charge in [0.25, 0.3) is 0 Å². The monoisotopic (exact) mass is 529 g/mol. The number of nitrogens with zero attached hydrogens (tertiary/aromatic N) is 3. The van der Waals surface area contributed by atoms with Gasteiger partial charge in [-0.2, -0.15) is 0 Å². The van der Waals surface area contributed by atoms with Gasteiger partial charge < -0.3 is 19.1 Å². The van der Waals surface area contributed by atoms with Gasteiger partial charge in [0, 0.05) is 25.1 Å². The van der Waals surface area contributed by atoms with E-state index in [1.807, 2.05) is 47.2 Å². The van der Waals surface area contributed by atoms with Crippen LogP contribution in [0.2, 0.25) is 0 Å². The quantitative estimate of drug-likeness (QED) is 0.379. The summed E-state index contributed by atoms with van der Waals surface area (Å²) in [6.45, 7) is 0. The summed E-state index contributed by atoms with van der Waals surface area (Å²) >= 11 is 0. The Labute approximate surface area is 221 Å². The first-order chi connectivity index (χ1) is 18.4. The number of ether oxygens (including phenoxy) is 2. The number of methoxy groups -OCH3 is 1. The van der Waals surface area contributed by atoms with Crippen LogP contribution < -0.4 is 9.04 Å². The first-order valence-corrected chi connectivity index (χ1v) is 13.8. The molecule has 2 aliphatic rings. The second-order valence-electron chi connectivity index (χ2n) is 9.42. The summed E-state index contributed by atoms with van der Waals surface area (Å²) in [6, 6.07) is 21.9. The molecular formula is C29H27N3O5S. The van der Waals surface area contributed by atoms with Gasteiger partial charge in [-0.1, -0.05) is 24.3 Å². The third-order valence-electron chi connectivity index (χ3n) is 7.35. The number of aromatic hydroxyl groups is 1. The summed E-state index contributed by atoms with van der Waals surface area (Å²) in [7, 11) is -0.608. The van der Waals surface area contributed by atoms with Crippen LogP contribution >= 0.6 is 0 Å². The van der Waals surface area contributed by atoms with E-state index < -0.39 is 21.4 Å². The highest BCUT2D eigenvalue weighted by atomic mass is 32.2. The first-order valence-electron chi connectivity index (χ1n) is 12.3. The van der Waals surface area contributed by atoms with Crippen LogP contribution in [0.15, 0.2) is 91.5 Å². The highest BCUT2D eigenvalue weighted by molar-refractivity contribution is 7.93. The zero-order valence-electron chi connectivity index (χ0n) is 20.9. The smallest absolute Gasteiger partial charge is 0.240 e. The van der Waals surface area contributed by atoms with Gasteiger partial charge in [0.15, 0.2) is 0 Å². The lowest BCUT2D eigenvalue weighted by molar-refractivity contribution is 0.128. The number of sulfonamides is 1. The van der Waals surface area contributed by atoms with E-state index in [9.17, 15) is 13.5 Å². The van der Waals surface area contributed by atoms with Gasteiger partial charge in [-0.05, 0) is 77.2 Å². The SMILES string of the molecule is COc1ccc(N(C)S(=O)(=O)C2CC3OC2C(c2ccc(-n4ccnc4)cc2)=C3c2ccc(O)cc2)cc1. The molecule has 3 heterocycles. The number of hydrogen-bond donors (Lipinski definition) is 1. The third kappa shape index (κ3) is 4.04. The first kappa shape index (κ1) is 24.3. The molecule has 1 saturated heterocycles. The predicted molar refractivity (Wildman–Crippen MR) is 146 cm³/mol. The van der Waals surface area contributed by atoms with Crippen molar-refractivity contribution < 1.29 is 23.0 Å². The normalized spacial score (nSPS) is 20.6. The van der Waals surface area contributed by atoms with Crippen molar-refractivity contribution >= 4 is 26.9 Å². The largest absolute Gasteiger partial charge is 0.508 e. The summed E-state index contributed by atoms with van der Waals surface area (Å²) < 4.78 is 42.6. The Bertz CT molecular complexity index is 1580. The van der Waals surface area contributed by atoms with E-state index in [2.05, 4.69) is 4.98 Å². The third-order valence-corrected chi connectivity index (χ3v) is 9.53. The molecule has 3 unspecified atom stereocenters. The van der Waals surface area contributed by atoms with Crippen molar-refractivity contribution in [1.29, 1.82) is 0 Å². The van der Waals surface area contributed by atoms with Crippen LogP contribution in [0.3, 0.4) is 0 Å². The van der Waals surface area contributed by atoms with Gasteiger partial charge in [-0.3, -0.25) is 4.31 Å². The van der Waals surface area contributed by atoms with E-state index in [1.165, 1.54) is 4.31 Å². The maximum Gasteiger partial charge on any atom is 0.240 e. The second kappa shape index (κ2) is 9.34. The molecule has 1 fully saturated rings. The summed E-state index contributed by atoms with van der Waals surface area (Å²) in [5.74, 6) is 0.830. The Morgan fingerprint density at radius 2 is 1.63 bits per heavy atom. The van der Waals surface area contributed by atoms with E-state index in [1.54, 1.807) is 63.1 Å². The minimum Gasteiger partial charge on any atom is -0.508 e. The number of imidazole rings is 1. The van der Waals surface area contributed by atoms with Gasteiger partial charge in [-0.25, -0.2) is 13.4 Å². The van der Waals surface area contributed by atoms with Crippen LogP contribution in [-0.2, 0) is 14.8 Å². The van der Waals surface area contributed by atoms with Crippen LogP contribution in [0.25, 0.3) is 16.8 Å². The van der Waals surface area contributed by atoms with Crippen molar-refractivity contribution in [2.75, 3.05) is 18.5 Å². The fraction of sp³-hybridized carbons (Fsp3) is 0.207. The maximum atomic E-state index is 13.9. The molecule has 8 nitrogen and oxygen atoms in total. The Balaban J connectivity index is 1.40. The summed E-state index contributed by atoms with van der Waals surface area (Å²) in [5.41, 5.74) is 5.14. The number of aromatic nitrogens is 2. The summed E-state index contributed by atoms with van der Waals surface area (Å²) in [6.07, 6.45) is 4.66. The van der Waals surface area contributed by atoms with E-state index in [4.69, 9.17) is 9.47 Å². The van der Waals surface area contributed by atoms with E-state index in [0.717, 1.165) is 28.0 Å². The Morgan fingerprint density at radius 1 is 0.974 bits per heavy atom. The van der Waals surface area contributed by atoms with Gasteiger partial charge in [0.1, 0.15) is 22.9 Å². The number of benzene rings is 3. The molecule has 0 amide bonds. The lowest BCUT2D eigenvalue weighted by Crippen LogP contribution is -2.42. The molecule has 1 N–H and O–H groups in total. The van der Waals surface area contributed by atoms with E-state index >= 15 is 0 Å². The minimum atomic E-state index is -3.76. The maximum absolute atomic E-state index is 13.9. The standard InChI is InChI=1S/C29H27N3O5S/c1-31(21-9-13-24(36-2)14-10-21)38(34,35)26-17-25-27(19-5-11-23(33)12-6-19)28(29(26)37-25)20-3-7-22(8-4-20)32-16-15-30-18-32/h3-16,18,25-26,29,33H,17H2,1-2H3. The molecule has 0 spiro atoms. The zero-order chi connectivity index (χ0) is 26.4. The fourth-order valence-electron chi connectivity index (χ4n) is 5.37. The van der Waals surface area contributed by atoms with Crippen molar-refractivity contribution in [2.24, 2.45) is 0 Å². The lowest BCUT2D eigenvalue weighted by atomic mass is 9.83. The molecule has 2 bridgehead atoms. The van der Waals surface area contributed by atoms with Crippen molar-refractivity contribution in [3.63, 3.8) is 0 Å². The molecule has 3 aromatic carbocycles. The number of hydrogen-bond acceptors (Lipinski definition) is 6. The van der Waals surface area contributed by atoms with Gasteiger partial charge >= 0.3 is 0 Å². The zero-order valence-corrected chi connectivity index (χ0v) is 21.7. The van der Waals surface area contributed by atoms with Crippen LogP contribution in [-0.4, -0.2) is 54.7 Å². The fourth-order valence-corrected chi connectivity index (χ4v) is 7.12. The molecule has 38 heavy (non-hydrogen) atoms. The highest BCUT2D eigenvalue weighted by Gasteiger charge is 2.53. The highest BCUT2D eigenvalue weighted by Crippen LogP contribution is 2.51. The van der Waals surface area contributed by atoms with Crippen molar-refractivity contribution in [2.45, 2.75) is 23.9 Å². The Kier molecular flexibility index (Phi) is 5.97. The molecule has 6 rings (SSSR count). The van der Waals surface area contributed by atoms with Gasteiger partial charge in [-0.15, -0.1) is 0 Å².